The zero-order chi connectivity index (χ0) is 16.7. The number of carbonyl (C=O) groups is 3. The zero-order valence-corrected chi connectivity index (χ0v) is 14.0. The van der Waals surface area contributed by atoms with Gasteiger partial charge in [-0.15, -0.1) is 0 Å². The maximum absolute atomic E-state index is 12.0. The summed E-state index contributed by atoms with van der Waals surface area (Å²) >= 11 is 7.60. The summed E-state index contributed by atoms with van der Waals surface area (Å²) in [4.78, 5) is 34.5. The second-order valence-corrected chi connectivity index (χ2v) is 6.63. The number of nitrogens with one attached hydrogen (secondary N) is 3. The Bertz CT molecular complexity index is 597. The lowest BCUT2D eigenvalue weighted by atomic mass is 10.1. The van der Waals surface area contributed by atoms with Crippen molar-refractivity contribution < 1.29 is 14.4 Å². The van der Waals surface area contributed by atoms with Crippen molar-refractivity contribution in [1.82, 2.24) is 16.0 Å². The van der Waals surface area contributed by atoms with E-state index in [4.69, 9.17) is 11.6 Å². The first-order valence-corrected chi connectivity index (χ1v) is 8.78. The highest BCUT2D eigenvalue weighted by atomic mass is 35.5. The van der Waals surface area contributed by atoms with Crippen molar-refractivity contribution >= 4 is 41.2 Å². The molecule has 8 heteroatoms. The predicted octanol–water partition coefficient (Wildman–Crippen LogP) is 1.68. The number of urea groups is 1. The van der Waals surface area contributed by atoms with Gasteiger partial charge in [0.1, 0.15) is 6.04 Å². The van der Waals surface area contributed by atoms with Crippen LogP contribution in [0.3, 0.4) is 0 Å². The van der Waals surface area contributed by atoms with Crippen molar-refractivity contribution in [2.45, 2.75) is 24.6 Å². The number of amides is 4. The van der Waals surface area contributed by atoms with Gasteiger partial charge in [0.15, 0.2) is 0 Å². The third-order valence-corrected chi connectivity index (χ3v) is 4.50. The number of halogens is 1. The normalized spacial score (nSPS) is 17.9. The van der Waals surface area contributed by atoms with E-state index in [0.29, 0.717) is 18.0 Å². The van der Waals surface area contributed by atoms with Gasteiger partial charge < -0.3 is 10.6 Å². The lowest BCUT2D eigenvalue weighted by molar-refractivity contribution is -0.123. The molecule has 0 radical (unpaired) electrons. The van der Waals surface area contributed by atoms with E-state index in [1.54, 1.807) is 11.8 Å². The number of carbonyl (C=O) groups excluding carboxylic acids is 3. The highest BCUT2D eigenvalue weighted by molar-refractivity contribution is 7.98. The molecule has 0 aromatic heterocycles. The summed E-state index contributed by atoms with van der Waals surface area (Å²) in [5, 5.41) is 8.10. The fourth-order valence-corrected chi connectivity index (χ4v) is 3.13. The monoisotopic (exact) mass is 355 g/mol. The Morgan fingerprint density at radius 3 is 3.00 bits per heavy atom. The van der Waals surface area contributed by atoms with E-state index in [1.165, 1.54) is 0 Å². The van der Waals surface area contributed by atoms with Gasteiger partial charge in [0.25, 0.3) is 0 Å². The molecule has 1 aliphatic heterocycles. The lowest BCUT2D eigenvalue weighted by Crippen LogP contribution is -2.48. The Kier molecular flexibility index (Phi) is 6.73. The summed E-state index contributed by atoms with van der Waals surface area (Å²) < 4.78 is 0. The van der Waals surface area contributed by atoms with Crippen molar-refractivity contribution in [3.05, 3.63) is 34.9 Å². The summed E-state index contributed by atoms with van der Waals surface area (Å²) in [7, 11) is 0. The zero-order valence-electron chi connectivity index (χ0n) is 12.4. The van der Waals surface area contributed by atoms with Gasteiger partial charge in [0.05, 0.1) is 0 Å². The quantitative estimate of drug-likeness (QED) is 0.677. The molecule has 0 unspecified atom stereocenters. The predicted molar refractivity (Wildman–Crippen MR) is 90.3 cm³/mol. The van der Waals surface area contributed by atoms with Crippen LogP contribution in [-0.2, 0) is 15.3 Å². The summed E-state index contributed by atoms with van der Waals surface area (Å²) in [6.45, 7) is 0.498. The first-order valence-electron chi connectivity index (χ1n) is 7.25. The van der Waals surface area contributed by atoms with E-state index in [2.05, 4.69) is 16.0 Å². The van der Waals surface area contributed by atoms with Crippen LogP contribution in [0.15, 0.2) is 24.3 Å². The molecule has 2 rings (SSSR count). The van der Waals surface area contributed by atoms with Crippen molar-refractivity contribution in [1.29, 1.82) is 0 Å². The van der Waals surface area contributed by atoms with Crippen molar-refractivity contribution in [2.75, 3.05) is 12.3 Å². The lowest BCUT2D eigenvalue weighted by Gasteiger charge is -2.14. The van der Waals surface area contributed by atoms with Gasteiger partial charge in [-0.25, -0.2) is 4.79 Å². The molecule has 1 fully saturated rings. The van der Waals surface area contributed by atoms with E-state index < -0.39 is 12.1 Å². The van der Waals surface area contributed by atoms with Gasteiger partial charge in [-0.05, 0) is 24.1 Å². The third-order valence-electron chi connectivity index (χ3n) is 3.24. The average molecular weight is 356 g/mol. The largest absolute Gasteiger partial charge is 0.353 e. The van der Waals surface area contributed by atoms with E-state index in [-0.39, 0.29) is 18.2 Å². The molecule has 0 saturated carbocycles. The molecule has 0 spiro atoms. The Morgan fingerprint density at radius 2 is 2.22 bits per heavy atom. The highest BCUT2D eigenvalue weighted by Crippen LogP contribution is 2.16. The number of imide groups is 1. The van der Waals surface area contributed by atoms with E-state index in [9.17, 15) is 14.4 Å². The smallest absolute Gasteiger partial charge is 0.322 e. The Labute approximate surface area is 143 Å². The summed E-state index contributed by atoms with van der Waals surface area (Å²) in [6, 6.07) is 6.36. The molecule has 1 aromatic carbocycles. The van der Waals surface area contributed by atoms with Gasteiger partial charge in [0.2, 0.25) is 11.8 Å². The molecule has 0 bridgehead atoms. The second-order valence-electron chi connectivity index (χ2n) is 5.09. The van der Waals surface area contributed by atoms with Gasteiger partial charge in [-0.1, -0.05) is 23.7 Å². The van der Waals surface area contributed by atoms with Gasteiger partial charge in [0, 0.05) is 29.5 Å². The first kappa shape index (κ1) is 17.6. The van der Waals surface area contributed by atoms with Crippen LogP contribution in [0.1, 0.15) is 18.4 Å². The molecule has 124 valence electrons. The standard InChI is InChI=1S/C15H18ClN3O3S/c16-11-3-1-2-10(8-11)9-23-7-6-17-14(21)12-4-5-13(20)19-15(22)18-12/h1-3,8,12H,4-7,9H2,(H,17,21)(H2,18,19,20,22)/t12-/m0/s1. The van der Waals surface area contributed by atoms with E-state index >= 15 is 0 Å². The SMILES string of the molecule is O=C1CC[C@@H](C(=O)NCCSCc2cccc(Cl)c2)NC(=O)N1. The molecule has 1 aromatic rings. The molecule has 1 atom stereocenters. The van der Waals surface area contributed by atoms with E-state index in [0.717, 1.165) is 17.1 Å². The first-order chi connectivity index (χ1) is 11.0. The van der Waals surface area contributed by atoms with Crippen LogP contribution in [-0.4, -0.2) is 36.2 Å². The Hall–Kier alpha value is -1.73. The molecule has 6 nitrogen and oxygen atoms in total. The van der Waals surface area contributed by atoms with Crippen LogP contribution in [0.25, 0.3) is 0 Å². The minimum absolute atomic E-state index is 0.153. The van der Waals surface area contributed by atoms with Gasteiger partial charge >= 0.3 is 6.03 Å². The molecule has 4 amide bonds. The minimum Gasteiger partial charge on any atom is -0.353 e. The molecule has 0 aliphatic carbocycles. The van der Waals surface area contributed by atoms with Crippen molar-refractivity contribution in [3.63, 3.8) is 0 Å². The van der Waals surface area contributed by atoms with Gasteiger partial charge in [-0.3, -0.25) is 14.9 Å². The van der Waals surface area contributed by atoms with Gasteiger partial charge in [-0.2, -0.15) is 11.8 Å². The van der Waals surface area contributed by atoms with Crippen LogP contribution >= 0.6 is 23.4 Å². The minimum atomic E-state index is -0.667. The Morgan fingerprint density at radius 1 is 1.39 bits per heavy atom. The van der Waals surface area contributed by atoms with Crippen molar-refractivity contribution in [3.8, 4) is 0 Å². The number of rotatable bonds is 6. The maximum Gasteiger partial charge on any atom is 0.322 e. The molecule has 1 saturated heterocycles. The summed E-state index contributed by atoms with van der Waals surface area (Å²) in [5.41, 5.74) is 1.13. The third kappa shape index (κ3) is 6.11. The topological polar surface area (TPSA) is 87.3 Å². The number of hydrogen-bond donors (Lipinski definition) is 3. The number of thioether (sulfide) groups is 1. The van der Waals surface area contributed by atoms with Crippen LogP contribution in [0.4, 0.5) is 4.79 Å². The summed E-state index contributed by atoms with van der Waals surface area (Å²) in [5.74, 6) is 0.929. The number of benzene rings is 1. The summed E-state index contributed by atoms with van der Waals surface area (Å²) in [6.07, 6.45) is 0.458. The molecular weight excluding hydrogens is 338 g/mol. The second kappa shape index (κ2) is 8.79. The maximum atomic E-state index is 12.0. The Balaban J connectivity index is 1.66. The molecule has 3 N–H and O–H groups in total. The average Bonchev–Trinajstić information content (AvgIpc) is 2.67. The molecule has 1 heterocycles. The molecule has 1 aliphatic rings. The number of hydrogen-bond acceptors (Lipinski definition) is 4. The molecule has 23 heavy (non-hydrogen) atoms. The van der Waals surface area contributed by atoms with Crippen molar-refractivity contribution in [2.24, 2.45) is 0 Å². The highest BCUT2D eigenvalue weighted by Gasteiger charge is 2.25. The van der Waals surface area contributed by atoms with Crippen LogP contribution in [0, 0.1) is 0 Å². The molecular formula is C15H18ClN3O3S. The van der Waals surface area contributed by atoms with Crippen LogP contribution in [0.5, 0.6) is 0 Å². The fraction of sp³-hybridized carbons (Fsp3) is 0.400. The van der Waals surface area contributed by atoms with E-state index in [1.807, 2.05) is 24.3 Å². The fourth-order valence-electron chi connectivity index (χ4n) is 2.11. The van der Waals surface area contributed by atoms with Crippen LogP contribution < -0.4 is 16.0 Å². The van der Waals surface area contributed by atoms with Crippen LogP contribution in [0.2, 0.25) is 5.02 Å².